The molecule has 0 aliphatic heterocycles. The van der Waals surface area contributed by atoms with E-state index < -0.39 is 27.8 Å². The van der Waals surface area contributed by atoms with Gasteiger partial charge in [0.05, 0.1) is 18.2 Å². The Bertz CT molecular complexity index is 964. The van der Waals surface area contributed by atoms with Gasteiger partial charge in [0.15, 0.2) is 5.75 Å². The lowest BCUT2D eigenvalue weighted by Crippen LogP contribution is -2.31. The Morgan fingerprint density at radius 2 is 2.15 bits per heavy atom. The summed E-state index contributed by atoms with van der Waals surface area (Å²) in [4.78, 5) is 34.6. The number of rotatable bonds is 6. The lowest BCUT2D eigenvalue weighted by atomic mass is 10.2. The molecule has 0 saturated carbocycles. The minimum absolute atomic E-state index is 0.0855. The number of amides is 1. The lowest BCUT2D eigenvalue weighted by molar-refractivity contribution is -0.386. The molecule has 0 spiro atoms. The van der Waals surface area contributed by atoms with Gasteiger partial charge in [0.25, 0.3) is 11.5 Å². The number of methoxy groups -OCH3 is 1. The summed E-state index contributed by atoms with van der Waals surface area (Å²) in [6, 6.07) is 5.22. The molecule has 142 valence electrons. The van der Waals surface area contributed by atoms with Crippen molar-refractivity contribution in [3.05, 3.63) is 62.1 Å². The van der Waals surface area contributed by atoms with Gasteiger partial charge in [-0.1, -0.05) is 0 Å². The lowest BCUT2D eigenvalue weighted by Gasteiger charge is -2.10. The highest BCUT2D eigenvalue weighted by atomic mass is 16.6. The Kier molecular flexibility index (Phi) is 5.91. The molecule has 0 radical (unpaired) electrons. The number of phenols is 1. The summed E-state index contributed by atoms with van der Waals surface area (Å²) in [6.07, 6.45) is 2.71. The first-order valence-corrected chi connectivity index (χ1v) is 7.86. The van der Waals surface area contributed by atoms with E-state index >= 15 is 0 Å². The first kappa shape index (κ1) is 19.6. The van der Waals surface area contributed by atoms with Crippen molar-refractivity contribution in [2.75, 3.05) is 7.11 Å². The summed E-state index contributed by atoms with van der Waals surface area (Å²) in [5.41, 5.74) is 1.30. The van der Waals surface area contributed by atoms with Crippen molar-refractivity contribution in [3.8, 4) is 11.5 Å². The van der Waals surface area contributed by atoms with Gasteiger partial charge in [-0.25, -0.2) is 5.43 Å². The number of phenolic OH excluding ortho intramolecular Hbond substituents is 1. The maximum Gasteiger partial charge on any atom is 0.315 e. The van der Waals surface area contributed by atoms with Crippen molar-refractivity contribution in [2.24, 2.45) is 5.10 Å². The van der Waals surface area contributed by atoms with E-state index in [1.807, 2.05) is 13.8 Å². The molecule has 1 aromatic heterocycles. The zero-order valence-corrected chi connectivity index (χ0v) is 14.9. The second kappa shape index (κ2) is 8.13. The molecule has 0 aliphatic rings. The number of nitro groups is 1. The van der Waals surface area contributed by atoms with Crippen molar-refractivity contribution in [3.63, 3.8) is 0 Å². The molecule has 2 N–H and O–H groups in total. The number of aromatic nitrogens is 1. The molecule has 1 heterocycles. The van der Waals surface area contributed by atoms with E-state index in [1.54, 1.807) is 12.3 Å². The molecule has 0 atom stereocenters. The van der Waals surface area contributed by atoms with Crippen LogP contribution in [0.3, 0.4) is 0 Å². The van der Waals surface area contributed by atoms with Crippen molar-refractivity contribution in [2.45, 2.75) is 19.9 Å². The van der Waals surface area contributed by atoms with Crippen LogP contribution in [0.2, 0.25) is 0 Å². The zero-order valence-electron chi connectivity index (χ0n) is 14.9. The third-order valence-electron chi connectivity index (χ3n) is 3.65. The van der Waals surface area contributed by atoms with Gasteiger partial charge in [0.1, 0.15) is 5.56 Å². The van der Waals surface area contributed by atoms with Crippen LogP contribution in [0, 0.1) is 10.1 Å². The van der Waals surface area contributed by atoms with Crippen molar-refractivity contribution >= 4 is 17.8 Å². The van der Waals surface area contributed by atoms with Crippen LogP contribution in [-0.2, 0) is 0 Å². The van der Waals surface area contributed by atoms with E-state index in [0.717, 1.165) is 12.3 Å². The van der Waals surface area contributed by atoms with Crippen molar-refractivity contribution in [1.29, 1.82) is 0 Å². The smallest absolute Gasteiger partial charge is 0.315 e. The Morgan fingerprint density at radius 3 is 2.74 bits per heavy atom. The van der Waals surface area contributed by atoms with Gasteiger partial charge in [-0.15, -0.1) is 0 Å². The van der Waals surface area contributed by atoms with Crippen LogP contribution in [0.15, 0.2) is 40.4 Å². The molecule has 27 heavy (non-hydrogen) atoms. The first-order valence-electron chi connectivity index (χ1n) is 7.86. The van der Waals surface area contributed by atoms with Crippen molar-refractivity contribution < 1.29 is 19.6 Å². The van der Waals surface area contributed by atoms with Crippen molar-refractivity contribution in [1.82, 2.24) is 9.99 Å². The predicted octanol–water partition coefficient (Wildman–Crippen LogP) is 1.82. The van der Waals surface area contributed by atoms with Crippen LogP contribution < -0.4 is 15.7 Å². The minimum Gasteiger partial charge on any atom is -0.500 e. The molecule has 0 aliphatic carbocycles. The summed E-state index contributed by atoms with van der Waals surface area (Å²) in [7, 11) is 1.25. The quantitative estimate of drug-likeness (QED) is 0.450. The number of hydrazone groups is 1. The number of carbonyl (C=O) groups is 1. The van der Waals surface area contributed by atoms with Gasteiger partial charge in [-0.05, 0) is 32.0 Å². The van der Waals surface area contributed by atoms with E-state index in [9.17, 15) is 24.8 Å². The number of nitrogens with one attached hydrogen (secondary N) is 1. The zero-order chi connectivity index (χ0) is 20.1. The minimum atomic E-state index is -0.772. The molecule has 2 aromatic rings. The van der Waals surface area contributed by atoms with Crippen LogP contribution >= 0.6 is 0 Å². The fourth-order valence-electron chi connectivity index (χ4n) is 2.30. The molecule has 2 rings (SSSR count). The van der Waals surface area contributed by atoms with E-state index in [0.29, 0.717) is 0 Å². The summed E-state index contributed by atoms with van der Waals surface area (Å²) in [6.45, 7) is 3.62. The molecular weight excluding hydrogens is 356 g/mol. The number of nitro benzene ring substituents is 1. The first-order chi connectivity index (χ1) is 12.8. The molecule has 0 fully saturated rings. The number of hydrogen-bond donors (Lipinski definition) is 2. The topological polar surface area (TPSA) is 136 Å². The molecule has 0 unspecified atom stereocenters. The second-order valence-corrected chi connectivity index (χ2v) is 5.78. The molecule has 1 amide bonds. The Morgan fingerprint density at radius 1 is 1.44 bits per heavy atom. The maximum absolute atomic E-state index is 12.3. The molecule has 1 aromatic carbocycles. The van der Waals surface area contributed by atoms with Crippen LogP contribution in [0.25, 0.3) is 0 Å². The summed E-state index contributed by atoms with van der Waals surface area (Å²) < 4.78 is 6.29. The summed E-state index contributed by atoms with van der Waals surface area (Å²) in [5, 5.41) is 24.4. The van der Waals surface area contributed by atoms with Crippen LogP contribution in [-0.4, -0.2) is 33.8 Å². The van der Waals surface area contributed by atoms with Gasteiger partial charge in [-0.3, -0.25) is 19.7 Å². The standard InChI is InChI=1S/C17H18N4O6/c1-10(2)20-6-4-5-12(17(20)24)16(23)19-18-9-11-7-13(21(25)26)15(22)14(8-11)27-3/h4-10,22H,1-3H3,(H,19,23)/b18-9-. The van der Waals surface area contributed by atoms with Gasteiger partial charge in [0, 0.05) is 23.9 Å². The van der Waals surface area contributed by atoms with E-state index in [4.69, 9.17) is 4.74 Å². The highest BCUT2D eigenvalue weighted by Crippen LogP contribution is 2.36. The Hall–Kier alpha value is -3.69. The van der Waals surface area contributed by atoms with Gasteiger partial charge >= 0.3 is 5.69 Å². The van der Waals surface area contributed by atoms with Gasteiger partial charge < -0.3 is 14.4 Å². The monoisotopic (exact) mass is 374 g/mol. The number of ether oxygens (including phenoxy) is 1. The molecule has 0 saturated heterocycles. The summed E-state index contributed by atoms with van der Waals surface area (Å²) >= 11 is 0. The highest BCUT2D eigenvalue weighted by Gasteiger charge is 2.19. The van der Waals surface area contributed by atoms with E-state index in [-0.39, 0.29) is 22.9 Å². The number of benzene rings is 1. The SMILES string of the molecule is COc1cc(/C=N\NC(=O)c2cccn(C(C)C)c2=O)cc([N+](=O)[O-])c1O. The molecule has 10 nitrogen and oxygen atoms in total. The second-order valence-electron chi connectivity index (χ2n) is 5.78. The maximum atomic E-state index is 12.3. The van der Waals surface area contributed by atoms with Gasteiger partial charge in [-0.2, -0.15) is 5.10 Å². The molecular formula is C17H18N4O6. The van der Waals surface area contributed by atoms with Crippen LogP contribution in [0.5, 0.6) is 11.5 Å². The number of pyridine rings is 1. The average molecular weight is 374 g/mol. The molecule has 0 bridgehead atoms. The third kappa shape index (κ3) is 4.29. The summed E-state index contributed by atoms with van der Waals surface area (Å²) in [5.74, 6) is -1.44. The fourth-order valence-corrected chi connectivity index (χ4v) is 2.30. The Labute approximate surface area is 153 Å². The third-order valence-corrected chi connectivity index (χ3v) is 3.65. The molecule has 10 heteroatoms. The number of nitrogens with zero attached hydrogens (tertiary/aromatic N) is 3. The number of hydrogen-bond acceptors (Lipinski definition) is 7. The normalized spacial score (nSPS) is 11.0. The van der Waals surface area contributed by atoms with E-state index in [1.165, 1.54) is 23.8 Å². The number of carbonyl (C=O) groups excluding carboxylic acids is 1. The largest absolute Gasteiger partial charge is 0.500 e. The average Bonchev–Trinajstić information content (AvgIpc) is 2.62. The van der Waals surface area contributed by atoms with Crippen LogP contribution in [0.1, 0.15) is 35.8 Å². The highest BCUT2D eigenvalue weighted by molar-refractivity contribution is 5.94. The van der Waals surface area contributed by atoms with Gasteiger partial charge in [0.2, 0.25) is 5.75 Å². The van der Waals surface area contributed by atoms with Crippen LogP contribution in [0.4, 0.5) is 5.69 Å². The Balaban J connectivity index is 2.25. The fraction of sp³-hybridized carbons (Fsp3) is 0.235. The predicted molar refractivity (Wildman–Crippen MR) is 97.5 cm³/mol. The number of aromatic hydroxyl groups is 1. The van der Waals surface area contributed by atoms with E-state index in [2.05, 4.69) is 10.5 Å².